The lowest BCUT2D eigenvalue weighted by molar-refractivity contribution is 0.219. The molecule has 0 N–H and O–H groups in total. The summed E-state index contributed by atoms with van der Waals surface area (Å²) in [7, 11) is 0. The Bertz CT molecular complexity index is 626. The third-order valence-electron chi connectivity index (χ3n) is 3.56. The number of nitriles is 1. The van der Waals surface area contributed by atoms with Crippen LogP contribution in [0, 0.1) is 18.3 Å². The standard InChI is InChI=1S/C15H15N3S/c1-11-17-9-15(19-11)14(8-16)18-7-6-12-4-2-3-5-13(12)10-18/h2-5,9,14H,6-7,10H2,1H3. The third kappa shape index (κ3) is 2.40. The van der Waals surface area contributed by atoms with Crippen molar-refractivity contribution in [2.24, 2.45) is 0 Å². The van der Waals surface area contributed by atoms with Crippen molar-refractivity contribution in [3.8, 4) is 6.07 Å². The van der Waals surface area contributed by atoms with Crippen LogP contribution in [0.4, 0.5) is 0 Å². The zero-order valence-corrected chi connectivity index (χ0v) is 11.7. The first kappa shape index (κ1) is 12.3. The van der Waals surface area contributed by atoms with E-state index in [0.717, 1.165) is 29.4 Å². The van der Waals surface area contributed by atoms with Gasteiger partial charge in [0.2, 0.25) is 0 Å². The molecule has 3 nitrogen and oxygen atoms in total. The van der Waals surface area contributed by atoms with Crippen molar-refractivity contribution >= 4 is 11.3 Å². The maximum atomic E-state index is 9.48. The Morgan fingerprint density at radius 2 is 2.16 bits per heavy atom. The second kappa shape index (κ2) is 5.12. The van der Waals surface area contributed by atoms with Crippen LogP contribution in [0.2, 0.25) is 0 Å². The lowest BCUT2D eigenvalue weighted by Crippen LogP contribution is -2.33. The molecule has 96 valence electrons. The van der Waals surface area contributed by atoms with Crippen LogP contribution >= 0.6 is 11.3 Å². The van der Waals surface area contributed by atoms with E-state index in [2.05, 4.69) is 40.2 Å². The van der Waals surface area contributed by atoms with Crippen molar-refractivity contribution in [1.29, 1.82) is 5.26 Å². The third-order valence-corrected chi connectivity index (χ3v) is 4.52. The number of fused-ring (bicyclic) bond motifs is 1. The van der Waals surface area contributed by atoms with E-state index in [9.17, 15) is 5.26 Å². The molecule has 3 rings (SSSR count). The number of nitrogens with zero attached hydrogens (tertiary/aromatic N) is 3. The summed E-state index contributed by atoms with van der Waals surface area (Å²) in [6.07, 6.45) is 2.86. The molecule has 0 fully saturated rings. The molecular formula is C15H15N3S. The Labute approximate surface area is 117 Å². The van der Waals surface area contributed by atoms with Crippen LogP contribution in [0.1, 0.15) is 27.1 Å². The van der Waals surface area contributed by atoms with Gasteiger partial charge in [-0.1, -0.05) is 24.3 Å². The minimum atomic E-state index is -0.167. The molecule has 4 heteroatoms. The Morgan fingerprint density at radius 3 is 2.84 bits per heavy atom. The monoisotopic (exact) mass is 269 g/mol. The largest absolute Gasteiger partial charge is 0.279 e. The van der Waals surface area contributed by atoms with Gasteiger partial charge in [0.15, 0.2) is 0 Å². The minimum absolute atomic E-state index is 0.167. The molecule has 1 aliphatic rings. The van der Waals surface area contributed by atoms with Crippen molar-refractivity contribution in [1.82, 2.24) is 9.88 Å². The Morgan fingerprint density at radius 1 is 1.37 bits per heavy atom. The fraction of sp³-hybridized carbons (Fsp3) is 0.333. The van der Waals surface area contributed by atoms with Gasteiger partial charge in [0.25, 0.3) is 0 Å². The molecule has 0 amide bonds. The summed E-state index contributed by atoms with van der Waals surface area (Å²) in [6, 6.07) is 10.8. The maximum Gasteiger partial charge on any atom is 0.134 e. The molecule has 1 aromatic carbocycles. The van der Waals surface area contributed by atoms with Gasteiger partial charge in [0.05, 0.1) is 16.0 Å². The first-order chi connectivity index (χ1) is 9.28. The van der Waals surface area contributed by atoms with Crippen molar-refractivity contribution in [3.05, 3.63) is 51.5 Å². The van der Waals surface area contributed by atoms with Gasteiger partial charge >= 0.3 is 0 Å². The van der Waals surface area contributed by atoms with Crippen LogP contribution in [0.5, 0.6) is 0 Å². The van der Waals surface area contributed by atoms with Crippen LogP contribution in [0.3, 0.4) is 0 Å². The fourth-order valence-electron chi connectivity index (χ4n) is 2.57. The number of benzene rings is 1. The van der Waals surface area contributed by atoms with Crippen molar-refractivity contribution < 1.29 is 0 Å². The Hall–Kier alpha value is -1.70. The highest BCUT2D eigenvalue weighted by atomic mass is 32.1. The summed E-state index contributed by atoms with van der Waals surface area (Å²) in [5.41, 5.74) is 2.76. The van der Waals surface area contributed by atoms with Gasteiger partial charge in [-0.2, -0.15) is 5.26 Å². The molecular weight excluding hydrogens is 254 g/mol. The van der Waals surface area contributed by atoms with Crippen LogP contribution < -0.4 is 0 Å². The molecule has 2 aromatic rings. The van der Waals surface area contributed by atoms with E-state index in [4.69, 9.17) is 0 Å². The van der Waals surface area contributed by atoms with Gasteiger partial charge in [0.1, 0.15) is 6.04 Å². The lowest BCUT2D eigenvalue weighted by Gasteiger charge is -2.31. The highest BCUT2D eigenvalue weighted by Crippen LogP contribution is 2.30. The normalized spacial score (nSPS) is 16.6. The van der Waals surface area contributed by atoms with E-state index in [1.54, 1.807) is 11.3 Å². The molecule has 1 unspecified atom stereocenters. The predicted molar refractivity (Wildman–Crippen MR) is 75.8 cm³/mol. The van der Waals surface area contributed by atoms with E-state index in [1.165, 1.54) is 11.1 Å². The van der Waals surface area contributed by atoms with Crippen LogP contribution in [-0.2, 0) is 13.0 Å². The van der Waals surface area contributed by atoms with Crippen molar-refractivity contribution in [3.63, 3.8) is 0 Å². The fourth-order valence-corrected chi connectivity index (χ4v) is 3.43. The zero-order valence-electron chi connectivity index (χ0n) is 10.8. The Balaban J connectivity index is 1.85. The number of hydrogen-bond donors (Lipinski definition) is 0. The number of aromatic nitrogens is 1. The molecule has 19 heavy (non-hydrogen) atoms. The zero-order chi connectivity index (χ0) is 13.2. The molecule has 0 bridgehead atoms. The van der Waals surface area contributed by atoms with E-state index in [-0.39, 0.29) is 6.04 Å². The summed E-state index contributed by atoms with van der Waals surface area (Å²) in [5, 5.41) is 10.5. The SMILES string of the molecule is Cc1ncc(C(C#N)N2CCc3ccccc3C2)s1. The highest BCUT2D eigenvalue weighted by Gasteiger charge is 2.25. The van der Waals surface area contributed by atoms with Gasteiger partial charge < -0.3 is 0 Å². The smallest absolute Gasteiger partial charge is 0.134 e. The summed E-state index contributed by atoms with van der Waals surface area (Å²) in [6.45, 7) is 3.77. The predicted octanol–water partition coefficient (Wildman–Crippen LogP) is 3.07. The molecule has 1 atom stereocenters. The quantitative estimate of drug-likeness (QED) is 0.841. The summed E-state index contributed by atoms with van der Waals surface area (Å²) in [4.78, 5) is 7.57. The van der Waals surface area contributed by atoms with Crippen molar-refractivity contribution in [2.45, 2.75) is 25.9 Å². The first-order valence-electron chi connectivity index (χ1n) is 6.40. The number of rotatable bonds is 2. The molecule has 0 saturated heterocycles. The van der Waals surface area contributed by atoms with E-state index >= 15 is 0 Å². The second-order valence-corrected chi connectivity index (χ2v) is 6.07. The van der Waals surface area contributed by atoms with Gasteiger partial charge in [-0.05, 0) is 24.5 Å². The summed E-state index contributed by atoms with van der Waals surface area (Å²) < 4.78 is 0. The first-order valence-corrected chi connectivity index (χ1v) is 7.22. The van der Waals surface area contributed by atoms with Crippen molar-refractivity contribution in [2.75, 3.05) is 6.54 Å². The van der Waals surface area contributed by atoms with Crippen LogP contribution in [0.25, 0.3) is 0 Å². The average Bonchev–Trinajstić information content (AvgIpc) is 2.86. The number of hydrogen-bond acceptors (Lipinski definition) is 4. The number of thiazole rings is 1. The van der Waals surface area contributed by atoms with Crippen LogP contribution in [-0.4, -0.2) is 16.4 Å². The second-order valence-electron chi connectivity index (χ2n) is 4.80. The van der Waals surface area contributed by atoms with Gasteiger partial charge in [-0.15, -0.1) is 11.3 Å². The molecule has 1 aliphatic heterocycles. The summed E-state index contributed by atoms with van der Waals surface area (Å²) >= 11 is 1.62. The Kier molecular flexibility index (Phi) is 3.33. The molecule has 0 spiro atoms. The van der Waals surface area contributed by atoms with E-state index in [0.29, 0.717) is 0 Å². The maximum absolute atomic E-state index is 9.48. The molecule has 0 aliphatic carbocycles. The van der Waals surface area contributed by atoms with Crippen LogP contribution in [0.15, 0.2) is 30.5 Å². The average molecular weight is 269 g/mol. The lowest BCUT2D eigenvalue weighted by atomic mass is 9.98. The van der Waals surface area contributed by atoms with E-state index < -0.39 is 0 Å². The van der Waals surface area contributed by atoms with Gasteiger partial charge in [-0.25, -0.2) is 4.98 Å². The summed E-state index contributed by atoms with van der Waals surface area (Å²) in [5.74, 6) is 0. The molecule has 0 saturated carbocycles. The highest BCUT2D eigenvalue weighted by molar-refractivity contribution is 7.11. The van der Waals surface area contributed by atoms with Gasteiger partial charge in [-0.3, -0.25) is 4.90 Å². The van der Waals surface area contributed by atoms with Gasteiger partial charge in [0, 0.05) is 19.3 Å². The molecule has 2 heterocycles. The molecule has 0 radical (unpaired) electrons. The minimum Gasteiger partial charge on any atom is -0.279 e. The molecule has 1 aromatic heterocycles. The number of aryl methyl sites for hydroxylation is 1. The topological polar surface area (TPSA) is 39.9 Å². The van der Waals surface area contributed by atoms with E-state index in [1.807, 2.05) is 13.1 Å².